The molecule has 0 heterocycles. The van der Waals surface area contributed by atoms with E-state index in [0.717, 1.165) is 32.1 Å². The Bertz CT molecular complexity index is 337. The number of ether oxygens (including phenoxy) is 2. The molecular weight excluding hydrogens is 264 g/mol. The van der Waals surface area contributed by atoms with Crippen LogP contribution in [0.25, 0.3) is 0 Å². The first-order valence-electron chi connectivity index (χ1n) is 8.13. The Morgan fingerprint density at radius 2 is 1.76 bits per heavy atom. The van der Waals surface area contributed by atoms with Gasteiger partial charge in [-0.1, -0.05) is 32.4 Å². The van der Waals surface area contributed by atoms with Gasteiger partial charge in [0.25, 0.3) is 0 Å². The summed E-state index contributed by atoms with van der Waals surface area (Å²) in [6.45, 7) is 12.3. The van der Waals surface area contributed by atoms with Gasteiger partial charge in [-0.2, -0.15) is 0 Å². The van der Waals surface area contributed by atoms with E-state index in [1.165, 1.54) is 0 Å². The van der Waals surface area contributed by atoms with E-state index in [2.05, 4.69) is 20.1 Å². The van der Waals surface area contributed by atoms with Crippen molar-refractivity contribution in [2.24, 2.45) is 11.8 Å². The molecule has 0 aromatic carbocycles. The number of hydrogen-bond acceptors (Lipinski definition) is 3. The standard InChI is InChI=1S/C18H30O3/c1-5-14(3)11-12-20-16-9-7-8-10-17(16)21-18(19)13-15(4)6-2/h5-6,14-17H,1-2,7-13H2,3-4H3. The molecule has 21 heavy (non-hydrogen) atoms. The van der Waals surface area contributed by atoms with E-state index >= 15 is 0 Å². The molecule has 1 aliphatic rings. The Morgan fingerprint density at radius 1 is 1.14 bits per heavy atom. The van der Waals surface area contributed by atoms with Crippen molar-refractivity contribution >= 4 is 5.97 Å². The second kappa shape index (κ2) is 9.78. The lowest BCUT2D eigenvalue weighted by Crippen LogP contribution is -2.37. The second-order valence-corrected chi connectivity index (χ2v) is 6.14. The maximum absolute atomic E-state index is 11.9. The van der Waals surface area contributed by atoms with Gasteiger partial charge < -0.3 is 9.47 Å². The zero-order valence-corrected chi connectivity index (χ0v) is 13.6. The first-order chi connectivity index (χ1) is 10.1. The second-order valence-electron chi connectivity index (χ2n) is 6.14. The molecule has 0 bridgehead atoms. The fourth-order valence-corrected chi connectivity index (χ4v) is 2.47. The maximum atomic E-state index is 11.9. The summed E-state index contributed by atoms with van der Waals surface area (Å²) in [5.74, 6) is 0.485. The van der Waals surface area contributed by atoms with E-state index in [9.17, 15) is 4.79 Å². The molecule has 4 unspecified atom stereocenters. The molecule has 0 aliphatic heterocycles. The number of carbonyl (C=O) groups excluding carboxylic acids is 1. The van der Waals surface area contributed by atoms with Gasteiger partial charge in [0.2, 0.25) is 0 Å². The molecule has 0 radical (unpaired) electrons. The summed E-state index contributed by atoms with van der Waals surface area (Å²) in [6.07, 6.45) is 9.23. The van der Waals surface area contributed by atoms with Gasteiger partial charge >= 0.3 is 5.97 Å². The molecular formula is C18H30O3. The molecule has 1 rings (SSSR count). The quantitative estimate of drug-likeness (QED) is 0.470. The fourth-order valence-electron chi connectivity index (χ4n) is 2.47. The van der Waals surface area contributed by atoms with Crippen molar-refractivity contribution in [3.05, 3.63) is 25.3 Å². The van der Waals surface area contributed by atoms with E-state index in [-0.39, 0.29) is 24.1 Å². The minimum atomic E-state index is -0.137. The van der Waals surface area contributed by atoms with Crippen molar-refractivity contribution in [1.29, 1.82) is 0 Å². The van der Waals surface area contributed by atoms with Crippen LogP contribution in [0.5, 0.6) is 0 Å². The molecule has 1 aliphatic carbocycles. The Morgan fingerprint density at radius 3 is 2.38 bits per heavy atom. The Hall–Kier alpha value is -1.09. The topological polar surface area (TPSA) is 35.5 Å². The number of rotatable bonds is 9. The zero-order chi connectivity index (χ0) is 15.7. The third-order valence-corrected chi connectivity index (χ3v) is 4.12. The van der Waals surface area contributed by atoms with Crippen LogP contribution in [0.2, 0.25) is 0 Å². The molecule has 0 N–H and O–H groups in total. The van der Waals surface area contributed by atoms with E-state index in [1.807, 2.05) is 13.0 Å². The largest absolute Gasteiger partial charge is 0.460 e. The molecule has 0 amide bonds. The summed E-state index contributed by atoms with van der Waals surface area (Å²) in [4.78, 5) is 11.9. The molecule has 0 saturated heterocycles. The number of allylic oxidation sites excluding steroid dienone is 2. The van der Waals surface area contributed by atoms with Gasteiger partial charge in [-0.05, 0) is 37.5 Å². The van der Waals surface area contributed by atoms with Gasteiger partial charge in [0.15, 0.2) is 0 Å². The molecule has 1 fully saturated rings. The maximum Gasteiger partial charge on any atom is 0.306 e. The average molecular weight is 294 g/mol. The van der Waals surface area contributed by atoms with Gasteiger partial charge in [0.1, 0.15) is 6.10 Å². The summed E-state index contributed by atoms with van der Waals surface area (Å²) in [7, 11) is 0. The molecule has 0 spiro atoms. The van der Waals surface area contributed by atoms with E-state index in [4.69, 9.17) is 9.47 Å². The van der Waals surface area contributed by atoms with Crippen molar-refractivity contribution in [3.63, 3.8) is 0 Å². The minimum absolute atomic E-state index is 0.0544. The Balaban J connectivity index is 2.39. The number of carbonyl (C=O) groups is 1. The van der Waals surface area contributed by atoms with Crippen molar-refractivity contribution in [1.82, 2.24) is 0 Å². The summed E-state index contributed by atoms with van der Waals surface area (Å²) in [5, 5.41) is 0. The third kappa shape index (κ3) is 6.94. The van der Waals surface area contributed by atoms with Gasteiger partial charge in [-0.25, -0.2) is 0 Å². The predicted molar refractivity (Wildman–Crippen MR) is 86.0 cm³/mol. The molecule has 120 valence electrons. The van der Waals surface area contributed by atoms with Crippen LogP contribution in [0.1, 0.15) is 52.4 Å². The Kier molecular flexibility index (Phi) is 8.36. The van der Waals surface area contributed by atoms with E-state index in [0.29, 0.717) is 18.9 Å². The van der Waals surface area contributed by atoms with Gasteiger partial charge in [0, 0.05) is 6.61 Å². The van der Waals surface area contributed by atoms with Crippen LogP contribution in [0.15, 0.2) is 25.3 Å². The van der Waals surface area contributed by atoms with Crippen LogP contribution in [-0.4, -0.2) is 24.8 Å². The monoisotopic (exact) mass is 294 g/mol. The van der Waals surface area contributed by atoms with Crippen molar-refractivity contribution in [2.45, 2.75) is 64.6 Å². The first kappa shape index (κ1) is 18.0. The van der Waals surface area contributed by atoms with Crippen molar-refractivity contribution in [2.75, 3.05) is 6.61 Å². The highest BCUT2D eigenvalue weighted by Gasteiger charge is 2.29. The molecule has 1 saturated carbocycles. The lowest BCUT2D eigenvalue weighted by atomic mass is 9.94. The Labute approximate surface area is 129 Å². The minimum Gasteiger partial charge on any atom is -0.460 e. The van der Waals surface area contributed by atoms with E-state index in [1.54, 1.807) is 6.08 Å². The molecule has 3 heteroatoms. The van der Waals surface area contributed by atoms with Gasteiger partial charge in [-0.3, -0.25) is 4.79 Å². The fraction of sp³-hybridized carbons (Fsp3) is 0.722. The molecule has 0 aromatic heterocycles. The van der Waals surface area contributed by atoms with Crippen LogP contribution in [0, 0.1) is 11.8 Å². The van der Waals surface area contributed by atoms with Crippen LogP contribution in [0.3, 0.4) is 0 Å². The van der Waals surface area contributed by atoms with Crippen LogP contribution < -0.4 is 0 Å². The van der Waals surface area contributed by atoms with Crippen LogP contribution >= 0.6 is 0 Å². The first-order valence-corrected chi connectivity index (χ1v) is 8.13. The van der Waals surface area contributed by atoms with Crippen LogP contribution in [0.4, 0.5) is 0 Å². The molecule has 0 aromatic rings. The SMILES string of the molecule is C=CC(C)CCOC1CCCCC1OC(=O)CC(C)C=C. The lowest BCUT2D eigenvalue weighted by molar-refractivity contribution is -0.161. The lowest BCUT2D eigenvalue weighted by Gasteiger charge is -2.31. The molecule has 3 nitrogen and oxygen atoms in total. The highest BCUT2D eigenvalue weighted by molar-refractivity contribution is 5.70. The average Bonchev–Trinajstić information content (AvgIpc) is 2.48. The van der Waals surface area contributed by atoms with Crippen LogP contribution in [-0.2, 0) is 14.3 Å². The normalized spacial score (nSPS) is 24.9. The summed E-state index contributed by atoms with van der Waals surface area (Å²) < 4.78 is 11.6. The predicted octanol–water partition coefficient (Wildman–Crippen LogP) is 4.28. The summed E-state index contributed by atoms with van der Waals surface area (Å²) in [5.41, 5.74) is 0. The van der Waals surface area contributed by atoms with E-state index < -0.39 is 0 Å². The zero-order valence-electron chi connectivity index (χ0n) is 13.6. The van der Waals surface area contributed by atoms with Gasteiger partial charge in [0.05, 0.1) is 12.5 Å². The summed E-state index contributed by atoms with van der Waals surface area (Å²) in [6, 6.07) is 0. The highest BCUT2D eigenvalue weighted by atomic mass is 16.6. The van der Waals surface area contributed by atoms with Crippen molar-refractivity contribution < 1.29 is 14.3 Å². The smallest absolute Gasteiger partial charge is 0.306 e. The third-order valence-electron chi connectivity index (χ3n) is 4.12. The number of esters is 1. The van der Waals surface area contributed by atoms with Crippen molar-refractivity contribution in [3.8, 4) is 0 Å². The summed E-state index contributed by atoms with van der Waals surface area (Å²) >= 11 is 0. The number of hydrogen-bond donors (Lipinski definition) is 0. The molecule has 4 atom stereocenters. The highest BCUT2D eigenvalue weighted by Crippen LogP contribution is 2.25. The van der Waals surface area contributed by atoms with Gasteiger partial charge in [-0.15, -0.1) is 13.2 Å².